The second-order valence-electron chi connectivity index (χ2n) is 7.15. The van der Waals surface area contributed by atoms with E-state index < -0.39 is 8.32 Å². The molecule has 1 fully saturated rings. The molecular weight excluding hydrogens is 332 g/mol. The molecule has 4 heteroatoms. The molecule has 2 aromatic rings. The molecule has 0 bridgehead atoms. The molecule has 0 aliphatic carbocycles. The zero-order valence-corrected chi connectivity index (χ0v) is 16.5. The Morgan fingerprint density at radius 2 is 1.54 bits per heavy atom. The SMILES string of the molecule is CC(C)(C)[Si](OC[C@@H]1OCCS1)(c1ccccc1)c1ccccc1. The van der Waals surface area contributed by atoms with Crippen molar-refractivity contribution in [1.82, 2.24) is 0 Å². The van der Waals surface area contributed by atoms with Crippen molar-refractivity contribution in [2.45, 2.75) is 31.2 Å². The maximum absolute atomic E-state index is 6.84. The van der Waals surface area contributed by atoms with Crippen molar-refractivity contribution in [2.75, 3.05) is 19.0 Å². The normalized spacial score (nSPS) is 18.7. The summed E-state index contributed by atoms with van der Waals surface area (Å²) < 4.78 is 12.6. The zero-order valence-electron chi connectivity index (χ0n) is 14.7. The monoisotopic (exact) mass is 358 g/mol. The van der Waals surface area contributed by atoms with Crippen molar-refractivity contribution in [3.8, 4) is 0 Å². The summed E-state index contributed by atoms with van der Waals surface area (Å²) in [6.45, 7) is 8.41. The Kier molecular flexibility index (Phi) is 5.50. The van der Waals surface area contributed by atoms with Crippen LogP contribution in [0.3, 0.4) is 0 Å². The van der Waals surface area contributed by atoms with E-state index in [4.69, 9.17) is 9.16 Å². The predicted molar refractivity (Wildman–Crippen MR) is 106 cm³/mol. The highest BCUT2D eigenvalue weighted by Crippen LogP contribution is 2.37. The fraction of sp³-hybridized carbons (Fsp3) is 0.400. The number of benzene rings is 2. The van der Waals surface area contributed by atoms with E-state index in [2.05, 4.69) is 81.4 Å². The van der Waals surface area contributed by atoms with Gasteiger partial charge in [-0.15, -0.1) is 11.8 Å². The van der Waals surface area contributed by atoms with Crippen LogP contribution in [-0.2, 0) is 9.16 Å². The lowest BCUT2D eigenvalue weighted by Gasteiger charge is -2.43. The van der Waals surface area contributed by atoms with Gasteiger partial charge in [0.05, 0.1) is 13.2 Å². The first kappa shape index (κ1) is 17.7. The average Bonchev–Trinajstić information content (AvgIpc) is 3.10. The van der Waals surface area contributed by atoms with E-state index in [1.54, 1.807) is 0 Å². The van der Waals surface area contributed by atoms with Crippen molar-refractivity contribution in [3.05, 3.63) is 60.7 Å². The van der Waals surface area contributed by atoms with Gasteiger partial charge in [0.1, 0.15) is 5.44 Å². The molecule has 0 N–H and O–H groups in total. The lowest BCUT2D eigenvalue weighted by atomic mass is 10.2. The predicted octanol–water partition coefficient (Wildman–Crippen LogP) is 3.65. The van der Waals surface area contributed by atoms with Gasteiger partial charge in [-0.1, -0.05) is 81.4 Å². The first-order valence-corrected chi connectivity index (χ1v) is 11.5. The molecule has 3 rings (SSSR count). The molecule has 0 spiro atoms. The summed E-state index contributed by atoms with van der Waals surface area (Å²) in [6.07, 6.45) is 0. The van der Waals surface area contributed by atoms with Crippen LogP contribution in [0.15, 0.2) is 60.7 Å². The van der Waals surface area contributed by atoms with Crippen LogP contribution in [-0.4, -0.2) is 32.7 Å². The molecular formula is C20H26O2SSi. The molecule has 0 saturated carbocycles. The Bertz CT molecular complexity index is 594. The van der Waals surface area contributed by atoms with E-state index in [1.165, 1.54) is 10.4 Å². The van der Waals surface area contributed by atoms with Gasteiger partial charge in [0, 0.05) is 5.75 Å². The van der Waals surface area contributed by atoms with E-state index in [0.717, 1.165) is 12.4 Å². The Labute approximate surface area is 150 Å². The first-order chi connectivity index (χ1) is 11.5. The molecule has 0 radical (unpaired) electrons. The van der Waals surface area contributed by atoms with Gasteiger partial charge in [0.25, 0.3) is 8.32 Å². The molecule has 1 aliphatic rings. The van der Waals surface area contributed by atoms with Crippen molar-refractivity contribution >= 4 is 30.5 Å². The Balaban J connectivity index is 2.06. The molecule has 2 nitrogen and oxygen atoms in total. The van der Waals surface area contributed by atoms with Crippen LogP contribution in [0.1, 0.15) is 20.8 Å². The molecule has 128 valence electrons. The van der Waals surface area contributed by atoms with Gasteiger partial charge in [-0.3, -0.25) is 0 Å². The molecule has 24 heavy (non-hydrogen) atoms. The van der Waals surface area contributed by atoms with E-state index >= 15 is 0 Å². The fourth-order valence-corrected chi connectivity index (χ4v) is 8.95. The summed E-state index contributed by atoms with van der Waals surface area (Å²) in [5.41, 5.74) is 0.159. The minimum Gasteiger partial charge on any atom is -0.404 e. The van der Waals surface area contributed by atoms with Crippen LogP contribution >= 0.6 is 11.8 Å². The maximum atomic E-state index is 6.84. The van der Waals surface area contributed by atoms with E-state index in [9.17, 15) is 0 Å². The van der Waals surface area contributed by atoms with Gasteiger partial charge < -0.3 is 9.16 Å². The van der Waals surface area contributed by atoms with Gasteiger partial charge in [-0.05, 0) is 15.4 Å². The third-order valence-electron chi connectivity index (χ3n) is 4.54. The third-order valence-corrected chi connectivity index (χ3v) is 10.6. The molecule has 2 aromatic carbocycles. The topological polar surface area (TPSA) is 18.5 Å². The quantitative estimate of drug-likeness (QED) is 0.760. The van der Waals surface area contributed by atoms with Gasteiger partial charge in [-0.2, -0.15) is 0 Å². The van der Waals surface area contributed by atoms with Crippen LogP contribution in [0, 0.1) is 0 Å². The van der Waals surface area contributed by atoms with E-state index in [0.29, 0.717) is 6.61 Å². The molecule has 1 saturated heterocycles. The van der Waals surface area contributed by atoms with Crippen LogP contribution in [0.4, 0.5) is 0 Å². The molecule has 0 aromatic heterocycles. The number of thioether (sulfide) groups is 1. The Morgan fingerprint density at radius 1 is 1.00 bits per heavy atom. The standard InChI is InChI=1S/C20H26O2SSi/c1-20(2,3)24(17-10-6-4-7-11-17,18-12-8-5-9-13-18)22-16-19-21-14-15-23-19/h4-13,19H,14-16H2,1-3H3/t19-/m1/s1. The summed E-state index contributed by atoms with van der Waals surface area (Å²) in [6, 6.07) is 21.6. The van der Waals surface area contributed by atoms with Gasteiger partial charge >= 0.3 is 0 Å². The van der Waals surface area contributed by atoms with Crippen molar-refractivity contribution in [3.63, 3.8) is 0 Å². The van der Waals surface area contributed by atoms with Gasteiger partial charge in [-0.25, -0.2) is 0 Å². The summed E-state index contributed by atoms with van der Waals surface area (Å²) in [7, 11) is -2.41. The lowest BCUT2D eigenvalue weighted by Crippen LogP contribution is -2.67. The number of hydrogen-bond acceptors (Lipinski definition) is 3. The number of rotatable bonds is 5. The average molecular weight is 359 g/mol. The Morgan fingerprint density at radius 3 is 1.96 bits per heavy atom. The third kappa shape index (κ3) is 3.47. The van der Waals surface area contributed by atoms with E-state index in [1.807, 2.05) is 11.8 Å². The number of ether oxygens (including phenoxy) is 1. The van der Waals surface area contributed by atoms with Crippen molar-refractivity contribution in [2.24, 2.45) is 0 Å². The smallest absolute Gasteiger partial charge is 0.261 e. The molecule has 1 heterocycles. The second-order valence-corrected chi connectivity index (χ2v) is 12.7. The lowest BCUT2D eigenvalue weighted by molar-refractivity contribution is 0.0969. The summed E-state index contributed by atoms with van der Waals surface area (Å²) in [5, 5.41) is 2.68. The van der Waals surface area contributed by atoms with Crippen LogP contribution < -0.4 is 10.4 Å². The maximum Gasteiger partial charge on any atom is 0.261 e. The van der Waals surface area contributed by atoms with Gasteiger partial charge in [0.2, 0.25) is 0 Å². The zero-order chi connectivity index (χ0) is 17.0. The summed E-state index contributed by atoms with van der Waals surface area (Å²) >= 11 is 1.86. The van der Waals surface area contributed by atoms with Crippen LogP contribution in [0.25, 0.3) is 0 Å². The Hall–Kier alpha value is -1.07. The van der Waals surface area contributed by atoms with Crippen molar-refractivity contribution < 1.29 is 9.16 Å². The minimum absolute atomic E-state index is 0.0268. The number of hydrogen-bond donors (Lipinski definition) is 0. The first-order valence-electron chi connectivity index (χ1n) is 8.52. The van der Waals surface area contributed by atoms with Gasteiger partial charge in [0.15, 0.2) is 0 Å². The van der Waals surface area contributed by atoms with Crippen LogP contribution in [0.5, 0.6) is 0 Å². The molecule has 1 atom stereocenters. The molecule has 0 amide bonds. The highest BCUT2D eigenvalue weighted by molar-refractivity contribution is 8.00. The molecule has 1 aliphatic heterocycles. The fourth-order valence-electron chi connectivity index (χ4n) is 3.46. The minimum atomic E-state index is -2.41. The highest BCUT2D eigenvalue weighted by atomic mass is 32.2. The largest absolute Gasteiger partial charge is 0.404 e. The second kappa shape index (κ2) is 7.44. The summed E-state index contributed by atoms with van der Waals surface area (Å²) in [4.78, 5) is 0. The van der Waals surface area contributed by atoms with Crippen LogP contribution in [0.2, 0.25) is 5.04 Å². The van der Waals surface area contributed by atoms with Crippen molar-refractivity contribution in [1.29, 1.82) is 0 Å². The molecule has 0 unspecified atom stereocenters. The van der Waals surface area contributed by atoms with E-state index in [-0.39, 0.29) is 10.5 Å². The highest BCUT2D eigenvalue weighted by Gasteiger charge is 2.50. The summed E-state index contributed by atoms with van der Waals surface area (Å²) in [5.74, 6) is 1.06.